The first-order chi connectivity index (χ1) is 12.9. The average Bonchev–Trinajstić information content (AvgIpc) is 3.16. The molecule has 1 fully saturated rings. The third-order valence-corrected chi connectivity index (χ3v) is 6.18. The van der Waals surface area contributed by atoms with Gasteiger partial charge in [0.25, 0.3) is 0 Å². The number of aliphatic carboxylic acids is 1. The van der Waals surface area contributed by atoms with Crippen molar-refractivity contribution in [2.45, 2.75) is 19.8 Å². The van der Waals surface area contributed by atoms with E-state index in [4.69, 9.17) is 4.74 Å². The van der Waals surface area contributed by atoms with Gasteiger partial charge in [0.05, 0.1) is 5.41 Å². The summed E-state index contributed by atoms with van der Waals surface area (Å²) in [7, 11) is 0. The molecule has 2 aromatic rings. The lowest BCUT2D eigenvalue weighted by Crippen LogP contribution is -2.36. The number of nitrogens with zero attached hydrogens (tertiary/aromatic N) is 1. The molecule has 27 heavy (non-hydrogen) atoms. The van der Waals surface area contributed by atoms with Crippen molar-refractivity contribution in [3.63, 3.8) is 0 Å². The highest BCUT2D eigenvalue weighted by atomic mass is 16.6. The number of rotatable bonds is 3. The molecule has 2 atom stereocenters. The SMILES string of the molecule is C[C@@H]1CN(C(=O)OCC2c3ccccc3-c3ccccc32)C[C@@]1(C)C(=O)O. The summed E-state index contributed by atoms with van der Waals surface area (Å²) in [4.78, 5) is 25.7. The van der Waals surface area contributed by atoms with Gasteiger partial charge in [-0.15, -0.1) is 0 Å². The van der Waals surface area contributed by atoms with Crippen molar-refractivity contribution in [3.8, 4) is 11.1 Å². The molecule has 0 aromatic heterocycles. The Labute approximate surface area is 158 Å². The van der Waals surface area contributed by atoms with E-state index in [-0.39, 0.29) is 25.0 Å². The van der Waals surface area contributed by atoms with E-state index < -0.39 is 17.5 Å². The highest BCUT2D eigenvalue weighted by molar-refractivity contribution is 5.80. The van der Waals surface area contributed by atoms with Crippen LogP contribution in [0.4, 0.5) is 4.79 Å². The van der Waals surface area contributed by atoms with E-state index in [1.807, 2.05) is 31.2 Å². The van der Waals surface area contributed by atoms with E-state index in [0.29, 0.717) is 6.54 Å². The van der Waals surface area contributed by atoms with Crippen molar-refractivity contribution < 1.29 is 19.4 Å². The van der Waals surface area contributed by atoms with E-state index in [0.717, 1.165) is 11.1 Å². The number of carboxylic acid groups (broad SMARTS) is 1. The van der Waals surface area contributed by atoms with Crippen LogP contribution in [0, 0.1) is 11.3 Å². The van der Waals surface area contributed by atoms with Crippen LogP contribution in [0.15, 0.2) is 48.5 Å². The predicted molar refractivity (Wildman–Crippen MR) is 102 cm³/mol. The zero-order valence-electron chi connectivity index (χ0n) is 15.5. The minimum atomic E-state index is -0.925. The highest BCUT2D eigenvalue weighted by Crippen LogP contribution is 2.44. The molecule has 140 valence electrons. The van der Waals surface area contributed by atoms with Crippen molar-refractivity contribution in [3.05, 3.63) is 59.7 Å². The van der Waals surface area contributed by atoms with Gasteiger partial charge in [-0.25, -0.2) is 4.79 Å². The first-order valence-electron chi connectivity index (χ1n) is 9.25. The summed E-state index contributed by atoms with van der Waals surface area (Å²) in [6, 6.07) is 16.4. The van der Waals surface area contributed by atoms with Crippen LogP contribution < -0.4 is 0 Å². The first kappa shape index (κ1) is 17.6. The van der Waals surface area contributed by atoms with Crippen LogP contribution in [-0.4, -0.2) is 41.8 Å². The van der Waals surface area contributed by atoms with Crippen LogP contribution in [-0.2, 0) is 9.53 Å². The molecule has 0 spiro atoms. The Morgan fingerprint density at radius 2 is 1.67 bits per heavy atom. The smallest absolute Gasteiger partial charge is 0.409 e. The number of likely N-dealkylation sites (tertiary alicyclic amines) is 1. The number of benzene rings is 2. The van der Waals surface area contributed by atoms with Crippen molar-refractivity contribution in [1.82, 2.24) is 4.90 Å². The fraction of sp³-hybridized carbons (Fsp3) is 0.364. The standard InChI is InChI=1S/C22H23NO4/c1-14-11-23(13-22(14,2)20(24)25)21(26)27-12-19-17-9-5-3-7-15(17)16-8-4-6-10-18(16)19/h3-10,14,19H,11-13H2,1-2H3,(H,24,25)/t14-,22-/m1/s1. The van der Waals surface area contributed by atoms with Gasteiger partial charge in [0, 0.05) is 19.0 Å². The molecule has 0 radical (unpaired) electrons. The summed E-state index contributed by atoms with van der Waals surface area (Å²) in [6.45, 7) is 4.39. The Hall–Kier alpha value is -2.82. The van der Waals surface area contributed by atoms with E-state index in [1.165, 1.54) is 16.0 Å². The summed E-state index contributed by atoms with van der Waals surface area (Å²) in [5.74, 6) is -0.980. The number of carboxylic acids is 1. The Morgan fingerprint density at radius 1 is 1.11 bits per heavy atom. The van der Waals surface area contributed by atoms with Gasteiger partial charge < -0.3 is 14.7 Å². The van der Waals surface area contributed by atoms with Gasteiger partial charge >= 0.3 is 12.1 Å². The normalized spacial score (nSPS) is 23.8. The largest absolute Gasteiger partial charge is 0.481 e. The van der Waals surface area contributed by atoms with Crippen LogP contribution in [0.1, 0.15) is 30.9 Å². The fourth-order valence-electron chi connectivity index (χ4n) is 4.25. The van der Waals surface area contributed by atoms with Crippen LogP contribution in [0.3, 0.4) is 0 Å². The van der Waals surface area contributed by atoms with Gasteiger partial charge in [-0.05, 0) is 35.1 Å². The van der Waals surface area contributed by atoms with Gasteiger partial charge in [0.1, 0.15) is 6.61 Å². The maximum atomic E-state index is 12.6. The molecule has 1 saturated heterocycles. The maximum Gasteiger partial charge on any atom is 0.409 e. The molecule has 5 heteroatoms. The Bertz CT molecular complexity index is 863. The van der Waals surface area contributed by atoms with Crippen molar-refractivity contribution in [2.75, 3.05) is 19.7 Å². The Morgan fingerprint density at radius 3 is 2.19 bits per heavy atom. The molecule has 0 unspecified atom stereocenters. The molecule has 2 aromatic carbocycles. The summed E-state index contributed by atoms with van der Waals surface area (Å²) in [6.07, 6.45) is -0.436. The molecule has 0 bridgehead atoms. The second kappa shape index (κ2) is 6.41. The van der Waals surface area contributed by atoms with Crippen LogP contribution in [0.25, 0.3) is 11.1 Å². The summed E-state index contributed by atoms with van der Waals surface area (Å²) in [5.41, 5.74) is 3.77. The highest BCUT2D eigenvalue weighted by Gasteiger charge is 2.48. The second-order valence-electron chi connectivity index (χ2n) is 7.81. The zero-order valence-corrected chi connectivity index (χ0v) is 15.5. The van der Waals surface area contributed by atoms with Crippen LogP contribution >= 0.6 is 0 Å². The molecule has 2 aliphatic rings. The number of ether oxygens (including phenoxy) is 1. The van der Waals surface area contributed by atoms with Gasteiger partial charge in [0.15, 0.2) is 0 Å². The molecule has 1 heterocycles. The Balaban J connectivity index is 1.50. The average molecular weight is 365 g/mol. The molecule has 1 aliphatic carbocycles. The second-order valence-corrected chi connectivity index (χ2v) is 7.81. The lowest BCUT2D eigenvalue weighted by atomic mass is 9.81. The minimum absolute atomic E-state index is 0.00670. The number of fused-ring (bicyclic) bond motifs is 3. The maximum absolute atomic E-state index is 12.6. The van der Waals surface area contributed by atoms with Crippen molar-refractivity contribution >= 4 is 12.1 Å². The van der Waals surface area contributed by atoms with Gasteiger partial charge in [-0.1, -0.05) is 55.5 Å². The third-order valence-electron chi connectivity index (χ3n) is 6.18. The van der Waals surface area contributed by atoms with Gasteiger partial charge in [0.2, 0.25) is 0 Å². The van der Waals surface area contributed by atoms with Crippen molar-refractivity contribution in [2.24, 2.45) is 11.3 Å². The molecular weight excluding hydrogens is 342 g/mol. The van der Waals surface area contributed by atoms with Crippen molar-refractivity contribution in [1.29, 1.82) is 0 Å². The first-order valence-corrected chi connectivity index (χ1v) is 9.25. The van der Waals surface area contributed by atoms with Crippen LogP contribution in [0.2, 0.25) is 0 Å². The zero-order chi connectivity index (χ0) is 19.2. The van der Waals surface area contributed by atoms with E-state index in [9.17, 15) is 14.7 Å². The number of hydrogen-bond acceptors (Lipinski definition) is 3. The van der Waals surface area contributed by atoms with Gasteiger partial charge in [-0.3, -0.25) is 4.79 Å². The molecule has 1 N–H and O–H groups in total. The quantitative estimate of drug-likeness (QED) is 0.893. The van der Waals surface area contributed by atoms with E-state index in [2.05, 4.69) is 24.3 Å². The third kappa shape index (κ3) is 2.78. The lowest BCUT2D eigenvalue weighted by Gasteiger charge is -2.22. The summed E-state index contributed by atoms with van der Waals surface area (Å²) in [5, 5.41) is 9.48. The molecule has 1 aliphatic heterocycles. The summed E-state index contributed by atoms with van der Waals surface area (Å²) >= 11 is 0. The number of carbonyl (C=O) groups excluding carboxylic acids is 1. The van der Waals surface area contributed by atoms with Gasteiger partial charge in [-0.2, -0.15) is 0 Å². The molecule has 4 rings (SSSR count). The topological polar surface area (TPSA) is 66.8 Å². The molecule has 0 saturated carbocycles. The van der Waals surface area contributed by atoms with Crippen LogP contribution in [0.5, 0.6) is 0 Å². The molecule has 5 nitrogen and oxygen atoms in total. The van der Waals surface area contributed by atoms with E-state index in [1.54, 1.807) is 6.92 Å². The number of amides is 1. The predicted octanol–water partition coefficient (Wildman–Crippen LogP) is 3.98. The fourth-order valence-corrected chi connectivity index (χ4v) is 4.25. The monoisotopic (exact) mass is 365 g/mol. The lowest BCUT2D eigenvalue weighted by molar-refractivity contribution is -0.148. The molecular formula is C22H23NO4. The van der Waals surface area contributed by atoms with E-state index >= 15 is 0 Å². The minimum Gasteiger partial charge on any atom is -0.481 e. The Kier molecular flexibility index (Phi) is 4.17. The molecule has 1 amide bonds. The summed E-state index contributed by atoms with van der Waals surface area (Å²) < 4.78 is 5.64. The number of carbonyl (C=O) groups is 2. The number of hydrogen-bond donors (Lipinski definition) is 1.